The molecule has 0 saturated carbocycles. The predicted molar refractivity (Wildman–Crippen MR) is 71.6 cm³/mol. The standard InChI is InChI=1S/C14H13NO2S/c16-14(17)9-11-5-1-2-6-12(11)10-18-13-7-3-4-8-15-13/h1-8H,9-10H2,(H,16,17). The molecule has 4 heteroatoms. The first-order chi connectivity index (χ1) is 8.75. The highest BCUT2D eigenvalue weighted by Crippen LogP contribution is 2.22. The minimum Gasteiger partial charge on any atom is -0.481 e. The number of carboxylic acids is 1. The molecule has 1 aromatic carbocycles. The lowest BCUT2D eigenvalue weighted by molar-refractivity contribution is -0.136. The topological polar surface area (TPSA) is 50.2 Å². The van der Waals surface area contributed by atoms with Gasteiger partial charge in [0.1, 0.15) is 0 Å². The zero-order chi connectivity index (χ0) is 12.8. The quantitative estimate of drug-likeness (QED) is 0.839. The van der Waals surface area contributed by atoms with E-state index in [4.69, 9.17) is 5.11 Å². The smallest absolute Gasteiger partial charge is 0.307 e. The van der Waals surface area contributed by atoms with Crippen LogP contribution in [0, 0.1) is 0 Å². The van der Waals surface area contributed by atoms with Crippen LogP contribution in [0.2, 0.25) is 0 Å². The number of nitrogens with zero attached hydrogens (tertiary/aromatic N) is 1. The Bertz CT molecular complexity index is 528. The Morgan fingerprint density at radius 2 is 1.83 bits per heavy atom. The zero-order valence-electron chi connectivity index (χ0n) is 9.74. The molecule has 1 aromatic heterocycles. The second-order valence-electron chi connectivity index (χ2n) is 3.80. The van der Waals surface area contributed by atoms with Gasteiger partial charge < -0.3 is 5.11 Å². The van der Waals surface area contributed by atoms with Crippen LogP contribution in [0.15, 0.2) is 53.7 Å². The van der Waals surface area contributed by atoms with Crippen molar-refractivity contribution in [3.63, 3.8) is 0 Å². The Hall–Kier alpha value is -1.81. The molecule has 0 fully saturated rings. The highest BCUT2D eigenvalue weighted by molar-refractivity contribution is 7.98. The fraction of sp³-hybridized carbons (Fsp3) is 0.143. The van der Waals surface area contributed by atoms with Crippen molar-refractivity contribution in [1.29, 1.82) is 0 Å². The van der Waals surface area contributed by atoms with Gasteiger partial charge in [0.2, 0.25) is 0 Å². The van der Waals surface area contributed by atoms with Gasteiger partial charge in [0, 0.05) is 11.9 Å². The first-order valence-corrected chi connectivity index (χ1v) is 6.56. The van der Waals surface area contributed by atoms with Gasteiger partial charge in [0.05, 0.1) is 11.4 Å². The van der Waals surface area contributed by atoms with E-state index < -0.39 is 5.97 Å². The summed E-state index contributed by atoms with van der Waals surface area (Å²) in [7, 11) is 0. The fourth-order valence-corrected chi connectivity index (χ4v) is 2.51. The third-order valence-electron chi connectivity index (χ3n) is 2.47. The molecule has 0 bridgehead atoms. The number of pyridine rings is 1. The zero-order valence-corrected chi connectivity index (χ0v) is 10.6. The molecule has 1 N–H and O–H groups in total. The normalized spacial score (nSPS) is 10.2. The van der Waals surface area contributed by atoms with Crippen molar-refractivity contribution in [2.75, 3.05) is 0 Å². The molecular formula is C14H13NO2S. The molecule has 0 radical (unpaired) electrons. The first kappa shape index (κ1) is 12.6. The maximum Gasteiger partial charge on any atom is 0.307 e. The first-order valence-electron chi connectivity index (χ1n) is 5.58. The Kier molecular flexibility index (Phi) is 4.36. The van der Waals surface area contributed by atoms with Crippen LogP contribution in [0.5, 0.6) is 0 Å². The van der Waals surface area contributed by atoms with Crippen LogP contribution in [-0.2, 0) is 17.0 Å². The number of aromatic nitrogens is 1. The van der Waals surface area contributed by atoms with Gasteiger partial charge in [0.15, 0.2) is 0 Å². The Labute approximate surface area is 110 Å². The molecule has 18 heavy (non-hydrogen) atoms. The maximum atomic E-state index is 10.8. The van der Waals surface area contributed by atoms with Gasteiger partial charge in [-0.1, -0.05) is 30.3 Å². The second kappa shape index (κ2) is 6.21. The van der Waals surface area contributed by atoms with Crippen molar-refractivity contribution in [3.05, 3.63) is 59.8 Å². The van der Waals surface area contributed by atoms with Gasteiger partial charge in [-0.05, 0) is 23.3 Å². The summed E-state index contributed by atoms with van der Waals surface area (Å²) in [5.41, 5.74) is 1.92. The average molecular weight is 259 g/mol. The van der Waals surface area contributed by atoms with Crippen LogP contribution in [0.3, 0.4) is 0 Å². The number of rotatable bonds is 5. The van der Waals surface area contributed by atoms with Crippen molar-refractivity contribution in [1.82, 2.24) is 4.98 Å². The third-order valence-corrected chi connectivity index (χ3v) is 3.47. The fourth-order valence-electron chi connectivity index (χ4n) is 1.62. The molecular weight excluding hydrogens is 246 g/mol. The van der Waals surface area contributed by atoms with Gasteiger partial charge in [-0.2, -0.15) is 0 Å². The number of aliphatic carboxylic acids is 1. The molecule has 0 saturated heterocycles. The van der Waals surface area contributed by atoms with Crippen LogP contribution < -0.4 is 0 Å². The summed E-state index contributed by atoms with van der Waals surface area (Å²) in [4.78, 5) is 15.0. The van der Waals surface area contributed by atoms with Crippen LogP contribution >= 0.6 is 11.8 Å². The summed E-state index contributed by atoms with van der Waals surface area (Å²) in [6.07, 6.45) is 1.82. The molecule has 3 nitrogen and oxygen atoms in total. The van der Waals surface area contributed by atoms with E-state index in [0.717, 1.165) is 21.9 Å². The molecule has 1 heterocycles. The van der Waals surface area contributed by atoms with E-state index in [1.54, 1.807) is 18.0 Å². The Morgan fingerprint density at radius 1 is 1.11 bits per heavy atom. The van der Waals surface area contributed by atoms with E-state index in [1.807, 2.05) is 42.5 Å². The summed E-state index contributed by atoms with van der Waals surface area (Å²) in [5.74, 6) is -0.0641. The highest BCUT2D eigenvalue weighted by Gasteiger charge is 2.06. The van der Waals surface area contributed by atoms with Gasteiger partial charge in [-0.25, -0.2) is 4.98 Å². The number of hydrogen-bond donors (Lipinski definition) is 1. The lowest BCUT2D eigenvalue weighted by atomic mass is 10.1. The SMILES string of the molecule is O=C(O)Cc1ccccc1CSc1ccccn1. The van der Waals surface area contributed by atoms with E-state index in [-0.39, 0.29) is 6.42 Å². The number of carbonyl (C=O) groups is 1. The maximum absolute atomic E-state index is 10.8. The monoisotopic (exact) mass is 259 g/mol. The number of benzene rings is 1. The number of hydrogen-bond acceptors (Lipinski definition) is 3. The van der Waals surface area contributed by atoms with Crippen LogP contribution in [-0.4, -0.2) is 16.1 Å². The molecule has 0 aliphatic rings. The van der Waals surface area contributed by atoms with E-state index in [2.05, 4.69) is 4.98 Å². The highest BCUT2D eigenvalue weighted by atomic mass is 32.2. The summed E-state index contributed by atoms with van der Waals surface area (Å²) < 4.78 is 0. The van der Waals surface area contributed by atoms with Crippen LogP contribution in [0.25, 0.3) is 0 Å². The second-order valence-corrected chi connectivity index (χ2v) is 4.79. The molecule has 92 valence electrons. The predicted octanol–water partition coefficient (Wildman–Crippen LogP) is 3.00. The van der Waals surface area contributed by atoms with E-state index in [1.165, 1.54) is 0 Å². The number of carboxylic acid groups (broad SMARTS) is 1. The Balaban J connectivity index is 2.07. The summed E-state index contributed by atoms with van der Waals surface area (Å²) >= 11 is 1.61. The molecule has 0 aliphatic carbocycles. The van der Waals surface area contributed by atoms with Gasteiger partial charge >= 0.3 is 5.97 Å². The number of thioether (sulfide) groups is 1. The molecule has 2 aromatic rings. The van der Waals surface area contributed by atoms with E-state index in [9.17, 15) is 4.79 Å². The Morgan fingerprint density at radius 3 is 2.50 bits per heavy atom. The lowest BCUT2D eigenvalue weighted by Crippen LogP contribution is -2.02. The third kappa shape index (κ3) is 3.60. The summed E-state index contributed by atoms with van der Waals surface area (Å²) in [6.45, 7) is 0. The van der Waals surface area contributed by atoms with Crippen molar-refractivity contribution >= 4 is 17.7 Å². The molecule has 0 atom stereocenters. The van der Waals surface area contributed by atoms with Crippen LogP contribution in [0.1, 0.15) is 11.1 Å². The van der Waals surface area contributed by atoms with E-state index >= 15 is 0 Å². The van der Waals surface area contributed by atoms with E-state index in [0.29, 0.717) is 0 Å². The molecule has 0 aliphatic heterocycles. The summed E-state index contributed by atoms with van der Waals surface area (Å²) in [5, 5.41) is 9.80. The van der Waals surface area contributed by atoms with Crippen molar-refractivity contribution in [3.8, 4) is 0 Å². The van der Waals surface area contributed by atoms with Crippen molar-refractivity contribution in [2.24, 2.45) is 0 Å². The summed E-state index contributed by atoms with van der Waals surface area (Å²) in [6, 6.07) is 13.4. The average Bonchev–Trinajstić information content (AvgIpc) is 2.38. The van der Waals surface area contributed by atoms with Gasteiger partial charge in [-0.15, -0.1) is 11.8 Å². The van der Waals surface area contributed by atoms with Crippen molar-refractivity contribution < 1.29 is 9.90 Å². The molecule has 2 rings (SSSR count). The van der Waals surface area contributed by atoms with Crippen LogP contribution in [0.4, 0.5) is 0 Å². The van der Waals surface area contributed by atoms with Gasteiger partial charge in [-0.3, -0.25) is 4.79 Å². The largest absolute Gasteiger partial charge is 0.481 e. The minimum atomic E-state index is -0.801. The molecule has 0 spiro atoms. The van der Waals surface area contributed by atoms with Crippen molar-refractivity contribution in [2.45, 2.75) is 17.2 Å². The molecule has 0 amide bonds. The molecule has 0 unspecified atom stereocenters. The lowest BCUT2D eigenvalue weighted by Gasteiger charge is -2.06. The van der Waals surface area contributed by atoms with Gasteiger partial charge in [0.25, 0.3) is 0 Å². The minimum absolute atomic E-state index is 0.0684.